The van der Waals surface area contributed by atoms with E-state index in [9.17, 15) is 17.2 Å². The minimum Gasteiger partial charge on any atom is -0.384 e. The Kier molecular flexibility index (Phi) is 7.64. The van der Waals surface area contributed by atoms with Crippen molar-refractivity contribution >= 4 is 15.9 Å². The van der Waals surface area contributed by atoms with Gasteiger partial charge in [0.1, 0.15) is 11.7 Å². The van der Waals surface area contributed by atoms with Gasteiger partial charge in [-0.15, -0.1) is 6.42 Å². The van der Waals surface area contributed by atoms with Gasteiger partial charge in [0.05, 0.1) is 12.1 Å². The van der Waals surface area contributed by atoms with Gasteiger partial charge in [-0.2, -0.15) is 0 Å². The van der Waals surface area contributed by atoms with Gasteiger partial charge in [-0.3, -0.25) is 4.98 Å². The van der Waals surface area contributed by atoms with E-state index in [-0.39, 0.29) is 12.2 Å². The molecule has 32 heavy (non-hydrogen) atoms. The summed E-state index contributed by atoms with van der Waals surface area (Å²) in [5.41, 5.74) is 0.210. The highest BCUT2D eigenvalue weighted by Crippen LogP contribution is 2.32. The maximum atomic E-state index is 14.3. The van der Waals surface area contributed by atoms with Crippen LogP contribution in [0, 0.1) is 19.3 Å². The van der Waals surface area contributed by atoms with E-state index < -0.39 is 27.7 Å². The summed E-state index contributed by atoms with van der Waals surface area (Å²) >= 11 is 0. The number of hydrogen-bond acceptors (Lipinski definition) is 6. The third-order valence-electron chi connectivity index (χ3n) is 5.24. The molecule has 1 saturated heterocycles. The number of amidine groups is 1. The van der Waals surface area contributed by atoms with Crippen molar-refractivity contribution < 1.29 is 22.0 Å². The lowest BCUT2D eigenvalue weighted by Gasteiger charge is -2.18. The maximum Gasteiger partial charge on any atom is 0.243 e. The molecule has 3 rings (SSSR count). The quantitative estimate of drug-likeness (QED) is 0.495. The lowest BCUT2D eigenvalue weighted by Crippen LogP contribution is -2.41. The number of pyridine rings is 1. The van der Waals surface area contributed by atoms with Gasteiger partial charge < -0.3 is 9.74 Å². The second-order valence-corrected chi connectivity index (χ2v) is 9.79. The van der Waals surface area contributed by atoms with Crippen molar-refractivity contribution in [2.75, 3.05) is 13.1 Å². The molecule has 0 saturated carbocycles. The molecular weight excluding hydrogens is 438 g/mol. The fraction of sp³-hybridized carbons (Fsp3) is 0.455. The van der Waals surface area contributed by atoms with E-state index in [4.69, 9.17) is 11.3 Å². The van der Waals surface area contributed by atoms with E-state index in [0.29, 0.717) is 43.0 Å². The smallest absolute Gasteiger partial charge is 0.243 e. The van der Waals surface area contributed by atoms with Crippen molar-refractivity contribution in [2.24, 2.45) is 5.16 Å². The fourth-order valence-electron chi connectivity index (χ4n) is 3.64. The minimum atomic E-state index is -3.99. The van der Waals surface area contributed by atoms with E-state index in [2.05, 4.69) is 20.8 Å². The maximum absolute atomic E-state index is 14.3. The number of oxime groups is 1. The molecule has 1 N–H and O–H groups in total. The Morgan fingerprint density at radius 2 is 2.31 bits per heavy atom. The minimum absolute atomic E-state index is 0.0447. The molecule has 3 atom stereocenters. The summed E-state index contributed by atoms with van der Waals surface area (Å²) in [5.74, 6) is 2.60. The molecule has 3 heterocycles. The molecule has 0 spiro atoms. The zero-order valence-electron chi connectivity index (χ0n) is 18.0. The number of hydrogen-bond donors (Lipinski definition) is 1. The van der Waals surface area contributed by atoms with Gasteiger partial charge in [0.15, 0.2) is 6.10 Å². The fourth-order valence-corrected chi connectivity index (χ4v) is 4.48. The van der Waals surface area contributed by atoms with Gasteiger partial charge in [0.25, 0.3) is 0 Å². The van der Waals surface area contributed by atoms with Crippen LogP contribution in [0.4, 0.5) is 8.78 Å². The van der Waals surface area contributed by atoms with Gasteiger partial charge >= 0.3 is 0 Å². The highest BCUT2D eigenvalue weighted by atomic mass is 32.2. The largest absolute Gasteiger partial charge is 0.384 e. The molecule has 0 aromatic carbocycles. The van der Waals surface area contributed by atoms with Crippen LogP contribution in [0.15, 0.2) is 41.5 Å². The zero-order valence-corrected chi connectivity index (χ0v) is 18.8. The third kappa shape index (κ3) is 5.93. The first kappa shape index (κ1) is 23.9. The average molecular weight is 465 g/mol. The molecule has 0 radical (unpaired) electrons. The first-order chi connectivity index (χ1) is 15.2. The third-order valence-corrected chi connectivity index (χ3v) is 6.75. The topological polar surface area (TPSA) is 83.9 Å². The van der Waals surface area contributed by atoms with Crippen molar-refractivity contribution in [3.05, 3.63) is 53.1 Å². The number of sulfonamides is 1. The molecule has 1 aromatic heterocycles. The molecule has 172 valence electrons. The number of allylic oxidation sites excluding steroid dienone is 4. The van der Waals surface area contributed by atoms with Crippen LogP contribution >= 0.6 is 0 Å². The van der Waals surface area contributed by atoms with Crippen LogP contribution in [-0.2, 0) is 21.3 Å². The number of terminal acetylenes is 1. The molecule has 0 bridgehead atoms. The van der Waals surface area contributed by atoms with Crippen LogP contribution in [-0.4, -0.2) is 48.8 Å². The summed E-state index contributed by atoms with van der Waals surface area (Å²) < 4.78 is 53.5. The van der Waals surface area contributed by atoms with Crippen molar-refractivity contribution in [3.8, 4) is 12.3 Å². The molecule has 0 aliphatic carbocycles. The highest BCUT2D eigenvalue weighted by molar-refractivity contribution is 7.89. The summed E-state index contributed by atoms with van der Waals surface area (Å²) in [6, 6.07) is 1.46. The van der Waals surface area contributed by atoms with Crippen LogP contribution in [0.2, 0.25) is 0 Å². The first-order valence-corrected chi connectivity index (χ1v) is 11.8. The average Bonchev–Trinajstić information content (AvgIpc) is 3.37. The van der Waals surface area contributed by atoms with Gasteiger partial charge in [-0.05, 0) is 43.5 Å². The van der Waals surface area contributed by atoms with E-state index in [0.717, 1.165) is 12.5 Å². The number of aryl methyl sites for hydroxylation is 1. The Balaban J connectivity index is 1.66. The first-order valence-electron chi connectivity index (χ1n) is 10.2. The SMILES string of the molecule is C#C/C=C\C=C(\F)Cc1cc(C)cnc1[C@@H]1CC(N2CC[C@H](NS(=O)(=O)C(C)F)C2)=NO1. The number of rotatable bonds is 7. The number of nitrogens with one attached hydrogen (secondary N) is 1. The monoisotopic (exact) mass is 464 g/mol. The molecule has 1 aromatic rings. The highest BCUT2D eigenvalue weighted by Gasteiger charge is 2.35. The van der Waals surface area contributed by atoms with Gasteiger partial charge in [-0.25, -0.2) is 21.9 Å². The van der Waals surface area contributed by atoms with Crippen molar-refractivity contribution in [3.63, 3.8) is 0 Å². The molecule has 0 amide bonds. The van der Waals surface area contributed by atoms with Crippen LogP contribution in [0.1, 0.15) is 42.7 Å². The summed E-state index contributed by atoms with van der Waals surface area (Å²) in [6.07, 6.45) is 11.5. The Labute approximate surface area is 187 Å². The van der Waals surface area contributed by atoms with Crippen LogP contribution in [0.3, 0.4) is 0 Å². The molecular formula is C22H26F2N4O3S. The predicted molar refractivity (Wildman–Crippen MR) is 118 cm³/mol. The Morgan fingerprint density at radius 1 is 1.53 bits per heavy atom. The number of aromatic nitrogens is 1. The van der Waals surface area contributed by atoms with E-state index in [1.54, 1.807) is 6.20 Å². The van der Waals surface area contributed by atoms with Gasteiger partial charge in [0, 0.05) is 31.7 Å². The van der Waals surface area contributed by atoms with Crippen molar-refractivity contribution in [1.82, 2.24) is 14.6 Å². The van der Waals surface area contributed by atoms with Crippen LogP contribution in [0.5, 0.6) is 0 Å². The summed E-state index contributed by atoms with van der Waals surface area (Å²) in [4.78, 5) is 12.0. The lowest BCUT2D eigenvalue weighted by atomic mass is 10.0. The Bertz CT molecular complexity index is 1080. The second kappa shape index (κ2) is 10.2. The lowest BCUT2D eigenvalue weighted by molar-refractivity contribution is 0.0817. The van der Waals surface area contributed by atoms with E-state index >= 15 is 0 Å². The van der Waals surface area contributed by atoms with E-state index in [1.165, 1.54) is 18.2 Å². The van der Waals surface area contributed by atoms with Crippen molar-refractivity contribution in [2.45, 2.75) is 50.8 Å². The van der Waals surface area contributed by atoms with Gasteiger partial charge in [0.2, 0.25) is 15.5 Å². The number of nitrogens with zero attached hydrogens (tertiary/aromatic N) is 3. The number of halogens is 2. The molecule has 1 fully saturated rings. The summed E-state index contributed by atoms with van der Waals surface area (Å²) in [6.45, 7) is 3.80. The molecule has 2 aliphatic rings. The van der Waals surface area contributed by atoms with Crippen LogP contribution in [0.25, 0.3) is 0 Å². The molecule has 1 unspecified atom stereocenters. The summed E-state index contributed by atoms with van der Waals surface area (Å²) in [5, 5.41) is 4.15. The molecule has 10 heteroatoms. The van der Waals surface area contributed by atoms with E-state index in [1.807, 2.05) is 17.9 Å². The molecule has 7 nitrogen and oxygen atoms in total. The number of likely N-dealkylation sites (tertiary alicyclic amines) is 1. The predicted octanol–water partition coefficient (Wildman–Crippen LogP) is 3.06. The van der Waals surface area contributed by atoms with Crippen molar-refractivity contribution in [1.29, 1.82) is 0 Å². The normalized spacial score (nSPS) is 22.7. The summed E-state index contributed by atoms with van der Waals surface area (Å²) in [7, 11) is -3.99. The standard InChI is InChI=1S/C22H26F2N4O3S/c1-4-5-6-7-18(24)11-17-10-15(2)13-25-22(17)20-12-21(26-31-20)28-9-8-19(14-28)27-32(29,30)16(3)23/h1,5-7,10,13,16,19-20,27H,8-9,11-12,14H2,2-3H3/b6-5-,18-7+/t16?,19-,20-/m0/s1. The Morgan fingerprint density at radius 3 is 3.03 bits per heavy atom. The zero-order chi connectivity index (χ0) is 23.3. The Hall–Kier alpha value is -2.77. The second-order valence-electron chi connectivity index (χ2n) is 7.82. The van der Waals surface area contributed by atoms with Crippen LogP contribution < -0.4 is 4.72 Å². The molecule has 2 aliphatic heterocycles. The number of alkyl halides is 1. The van der Waals surface area contributed by atoms with Gasteiger partial charge in [-0.1, -0.05) is 23.2 Å².